The topological polar surface area (TPSA) is 78.4 Å². The third-order valence-electron chi connectivity index (χ3n) is 4.24. The first kappa shape index (κ1) is 13.2. The molecular weight excluding hydrogens is 232 g/mol. The monoisotopic (exact) mass is 254 g/mol. The fourth-order valence-corrected chi connectivity index (χ4v) is 2.79. The Hall–Kier alpha value is -1.26. The van der Waals surface area contributed by atoms with Gasteiger partial charge in [0.15, 0.2) is 0 Å². The molecule has 0 spiro atoms. The molecule has 0 radical (unpaired) electrons. The van der Waals surface area contributed by atoms with Crippen LogP contribution in [0.5, 0.6) is 0 Å². The number of carbonyl (C=O) groups is 2. The van der Waals surface area contributed by atoms with Gasteiger partial charge < -0.3 is 15.7 Å². The number of urea groups is 1. The van der Waals surface area contributed by atoms with Crippen LogP contribution in [0.25, 0.3) is 0 Å². The zero-order valence-electron chi connectivity index (χ0n) is 11.0. The summed E-state index contributed by atoms with van der Waals surface area (Å²) in [6.45, 7) is 3.77. The largest absolute Gasteiger partial charge is 0.480 e. The van der Waals surface area contributed by atoms with E-state index in [1.165, 1.54) is 0 Å². The van der Waals surface area contributed by atoms with E-state index in [9.17, 15) is 14.7 Å². The first-order valence-electron chi connectivity index (χ1n) is 6.74. The van der Waals surface area contributed by atoms with Gasteiger partial charge in [-0.1, -0.05) is 6.92 Å². The normalized spacial score (nSPS) is 30.6. The average molecular weight is 254 g/mol. The van der Waals surface area contributed by atoms with Gasteiger partial charge in [0.2, 0.25) is 0 Å². The summed E-state index contributed by atoms with van der Waals surface area (Å²) < 4.78 is 0. The van der Waals surface area contributed by atoms with Crippen LogP contribution in [-0.4, -0.2) is 28.7 Å². The van der Waals surface area contributed by atoms with Gasteiger partial charge in [-0.25, -0.2) is 9.59 Å². The van der Waals surface area contributed by atoms with Crippen molar-refractivity contribution in [2.24, 2.45) is 11.8 Å². The van der Waals surface area contributed by atoms with Crippen LogP contribution in [-0.2, 0) is 4.79 Å². The third kappa shape index (κ3) is 2.76. The van der Waals surface area contributed by atoms with E-state index in [0.29, 0.717) is 5.92 Å². The molecule has 2 saturated carbocycles. The molecule has 0 aromatic rings. The summed E-state index contributed by atoms with van der Waals surface area (Å²) in [5.41, 5.74) is -1.12. The number of carboxylic acids is 1. The van der Waals surface area contributed by atoms with Crippen LogP contribution in [0.2, 0.25) is 0 Å². The fraction of sp³-hybridized carbons (Fsp3) is 0.846. The number of rotatable bonds is 4. The van der Waals surface area contributed by atoms with Crippen molar-refractivity contribution in [3.8, 4) is 0 Å². The van der Waals surface area contributed by atoms with Crippen molar-refractivity contribution >= 4 is 12.0 Å². The molecule has 3 atom stereocenters. The molecule has 0 saturated heterocycles. The summed E-state index contributed by atoms with van der Waals surface area (Å²) in [6, 6.07) is -0.150. The molecule has 2 fully saturated rings. The van der Waals surface area contributed by atoms with Gasteiger partial charge in [0, 0.05) is 6.04 Å². The number of hydrogen-bond donors (Lipinski definition) is 3. The molecule has 3 unspecified atom stereocenters. The van der Waals surface area contributed by atoms with Gasteiger partial charge in [0.25, 0.3) is 0 Å². The summed E-state index contributed by atoms with van der Waals surface area (Å²) in [5.74, 6) is -0.229. The number of aliphatic carboxylic acids is 1. The van der Waals surface area contributed by atoms with E-state index in [4.69, 9.17) is 0 Å². The van der Waals surface area contributed by atoms with Crippen LogP contribution in [0.3, 0.4) is 0 Å². The summed E-state index contributed by atoms with van der Waals surface area (Å²) in [6.07, 6.45) is 4.86. The zero-order chi connectivity index (χ0) is 13.3. The van der Waals surface area contributed by atoms with E-state index < -0.39 is 11.5 Å². The maximum atomic E-state index is 11.9. The van der Waals surface area contributed by atoms with Crippen LogP contribution in [0.1, 0.15) is 46.0 Å². The first-order valence-corrected chi connectivity index (χ1v) is 6.74. The summed E-state index contributed by atoms with van der Waals surface area (Å²) in [4.78, 5) is 23.2. The molecule has 2 amide bonds. The Labute approximate surface area is 107 Å². The lowest BCUT2D eigenvalue weighted by molar-refractivity contribution is -0.144. The molecule has 18 heavy (non-hydrogen) atoms. The van der Waals surface area contributed by atoms with Gasteiger partial charge in [-0.05, 0) is 50.9 Å². The Morgan fingerprint density at radius 1 is 1.22 bits per heavy atom. The Bertz CT molecular complexity index is 354. The van der Waals surface area contributed by atoms with E-state index in [-0.39, 0.29) is 18.0 Å². The van der Waals surface area contributed by atoms with Crippen LogP contribution in [0.15, 0.2) is 0 Å². The predicted octanol–water partition coefficient (Wildman–Crippen LogP) is 1.73. The van der Waals surface area contributed by atoms with Gasteiger partial charge in [0.05, 0.1) is 0 Å². The maximum absolute atomic E-state index is 11.9. The SMILES string of the molecule is CC1CCC(NC(=O)NC(C)(C(=O)O)C2CC2)C1. The van der Waals surface area contributed by atoms with Crippen molar-refractivity contribution in [2.75, 3.05) is 0 Å². The van der Waals surface area contributed by atoms with Crippen LogP contribution in [0, 0.1) is 11.8 Å². The molecule has 3 N–H and O–H groups in total. The minimum atomic E-state index is -1.12. The molecule has 0 heterocycles. The lowest BCUT2D eigenvalue weighted by Gasteiger charge is -2.27. The molecular formula is C13H22N2O3. The van der Waals surface area contributed by atoms with E-state index in [0.717, 1.165) is 32.1 Å². The second-order valence-electron chi connectivity index (χ2n) is 6.00. The molecule has 2 aliphatic rings. The van der Waals surface area contributed by atoms with E-state index in [2.05, 4.69) is 17.6 Å². The smallest absolute Gasteiger partial charge is 0.329 e. The van der Waals surface area contributed by atoms with Crippen molar-refractivity contribution in [2.45, 2.75) is 57.5 Å². The van der Waals surface area contributed by atoms with Crippen LogP contribution >= 0.6 is 0 Å². The molecule has 0 bridgehead atoms. The second-order valence-corrected chi connectivity index (χ2v) is 6.00. The number of carbonyl (C=O) groups excluding carboxylic acids is 1. The molecule has 5 heteroatoms. The Morgan fingerprint density at radius 2 is 1.89 bits per heavy atom. The highest BCUT2D eigenvalue weighted by atomic mass is 16.4. The first-order chi connectivity index (χ1) is 8.41. The maximum Gasteiger partial charge on any atom is 0.329 e. The van der Waals surface area contributed by atoms with Gasteiger partial charge >= 0.3 is 12.0 Å². The van der Waals surface area contributed by atoms with E-state index >= 15 is 0 Å². The number of carboxylic acid groups (broad SMARTS) is 1. The average Bonchev–Trinajstić information content (AvgIpc) is 3.04. The molecule has 2 aliphatic carbocycles. The number of amides is 2. The molecule has 0 aromatic carbocycles. The highest BCUT2D eigenvalue weighted by Gasteiger charge is 2.48. The van der Waals surface area contributed by atoms with Gasteiger partial charge in [-0.3, -0.25) is 0 Å². The minimum Gasteiger partial charge on any atom is -0.480 e. The van der Waals surface area contributed by atoms with Crippen molar-refractivity contribution in [1.82, 2.24) is 10.6 Å². The second kappa shape index (κ2) is 4.78. The lowest BCUT2D eigenvalue weighted by Crippen LogP contribution is -2.57. The van der Waals surface area contributed by atoms with E-state index in [1.807, 2.05) is 0 Å². The number of hydrogen-bond acceptors (Lipinski definition) is 2. The third-order valence-corrected chi connectivity index (χ3v) is 4.24. The minimum absolute atomic E-state index is 0.0725. The highest BCUT2D eigenvalue weighted by Crippen LogP contribution is 2.39. The molecule has 0 aromatic heterocycles. The van der Waals surface area contributed by atoms with Crippen molar-refractivity contribution in [1.29, 1.82) is 0 Å². The predicted molar refractivity (Wildman–Crippen MR) is 67.2 cm³/mol. The Balaban J connectivity index is 1.87. The Morgan fingerprint density at radius 3 is 2.33 bits per heavy atom. The lowest BCUT2D eigenvalue weighted by atomic mass is 9.96. The molecule has 0 aliphatic heterocycles. The summed E-state index contributed by atoms with van der Waals surface area (Å²) >= 11 is 0. The van der Waals surface area contributed by atoms with Gasteiger partial charge in [0.1, 0.15) is 5.54 Å². The van der Waals surface area contributed by atoms with Crippen molar-refractivity contribution in [3.05, 3.63) is 0 Å². The van der Waals surface area contributed by atoms with Crippen molar-refractivity contribution < 1.29 is 14.7 Å². The van der Waals surface area contributed by atoms with Crippen molar-refractivity contribution in [3.63, 3.8) is 0 Å². The zero-order valence-corrected chi connectivity index (χ0v) is 11.0. The van der Waals surface area contributed by atoms with Gasteiger partial charge in [-0.15, -0.1) is 0 Å². The summed E-state index contributed by atoms with van der Waals surface area (Å²) in [7, 11) is 0. The molecule has 102 valence electrons. The van der Waals surface area contributed by atoms with Crippen LogP contribution in [0.4, 0.5) is 4.79 Å². The number of nitrogens with one attached hydrogen (secondary N) is 2. The van der Waals surface area contributed by atoms with Gasteiger partial charge in [-0.2, -0.15) is 0 Å². The fourth-order valence-electron chi connectivity index (χ4n) is 2.79. The van der Waals surface area contributed by atoms with E-state index in [1.54, 1.807) is 6.92 Å². The molecule has 2 rings (SSSR count). The van der Waals surface area contributed by atoms with Crippen LogP contribution < -0.4 is 10.6 Å². The standard InChI is InChI=1S/C13H22N2O3/c1-8-3-6-10(7-8)14-12(18)15-13(2,11(16)17)9-4-5-9/h8-10H,3-7H2,1-2H3,(H,16,17)(H2,14,15,18). The molecule has 5 nitrogen and oxygen atoms in total. The quantitative estimate of drug-likeness (QED) is 0.715. The summed E-state index contributed by atoms with van der Waals surface area (Å²) in [5, 5.41) is 14.8. The highest BCUT2D eigenvalue weighted by molar-refractivity contribution is 5.86. The Kier molecular flexibility index (Phi) is 3.50.